The summed E-state index contributed by atoms with van der Waals surface area (Å²) in [7, 11) is 1.97. The number of hydrogen-bond donors (Lipinski definition) is 1. The molecule has 0 spiro atoms. The molecule has 1 fully saturated rings. The van der Waals surface area contributed by atoms with E-state index >= 15 is 0 Å². The minimum atomic E-state index is 0.576. The van der Waals surface area contributed by atoms with Gasteiger partial charge in [0.15, 0.2) is 0 Å². The number of halogens is 1. The summed E-state index contributed by atoms with van der Waals surface area (Å²) in [6.07, 6.45) is 0. The molecule has 0 saturated carbocycles. The smallest absolute Gasteiger partial charge is 0.0860 e. The van der Waals surface area contributed by atoms with E-state index in [1.807, 2.05) is 18.7 Å². The Morgan fingerprint density at radius 2 is 2.22 bits per heavy atom. The van der Waals surface area contributed by atoms with E-state index in [1.165, 1.54) is 0 Å². The Kier molecular flexibility index (Phi) is 4.30. The largest absolute Gasteiger partial charge is 0.311 e. The number of rotatable bonds is 3. The molecule has 4 nitrogen and oxygen atoms in total. The fourth-order valence-electron chi connectivity index (χ4n) is 2.50. The fourth-order valence-corrected chi connectivity index (χ4v) is 2.72. The lowest BCUT2D eigenvalue weighted by Gasteiger charge is -2.35. The molecule has 1 aliphatic heterocycles. The van der Waals surface area contributed by atoms with Gasteiger partial charge in [0.05, 0.1) is 16.4 Å². The van der Waals surface area contributed by atoms with Crippen molar-refractivity contribution >= 4 is 11.6 Å². The van der Waals surface area contributed by atoms with Gasteiger partial charge >= 0.3 is 0 Å². The quantitative estimate of drug-likeness (QED) is 0.910. The van der Waals surface area contributed by atoms with Gasteiger partial charge in [0, 0.05) is 39.3 Å². The zero-order valence-electron chi connectivity index (χ0n) is 11.7. The Hall–Kier alpha value is -0.580. The van der Waals surface area contributed by atoms with E-state index in [4.69, 9.17) is 11.6 Å². The van der Waals surface area contributed by atoms with Crippen molar-refractivity contribution in [1.82, 2.24) is 20.0 Å². The lowest BCUT2D eigenvalue weighted by atomic mass is 10.0. The fraction of sp³-hybridized carbons (Fsp3) is 0.769. The summed E-state index contributed by atoms with van der Waals surface area (Å²) in [6, 6.07) is 0.576. The molecule has 0 aliphatic carbocycles. The molecule has 18 heavy (non-hydrogen) atoms. The predicted molar refractivity (Wildman–Crippen MR) is 74.9 cm³/mol. The summed E-state index contributed by atoms with van der Waals surface area (Å²) in [6.45, 7) is 10.6. The molecule has 0 aromatic carbocycles. The van der Waals surface area contributed by atoms with Crippen molar-refractivity contribution in [2.24, 2.45) is 13.0 Å². The molecule has 1 atom stereocenters. The van der Waals surface area contributed by atoms with Crippen molar-refractivity contribution in [3.8, 4) is 0 Å². The van der Waals surface area contributed by atoms with E-state index < -0.39 is 0 Å². The highest BCUT2D eigenvalue weighted by Crippen LogP contribution is 2.21. The highest BCUT2D eigenvalue weighted by Gasteiger charge is 2.23. The molecule has 0 amide bonds. The van der Waals surface area contributed by atoms with E-state index in [-0.39, 0.29) is 0 Å². The topological polar surface area (TPSA) is 33.1 Å². The van der Waals surface area contributed by atoms with Crippen LogP contribution in [0, 0.1) is 12.8 Å². The number of piperazine rings is 1. The van der Waals surface area contributed by atoms with Crippen LogP contribution in [-0.4, -0.2) is 40.4 Å². The van der Waals surface area contributed by atoms with Gasteiger partial charge in [-0.1, -0.05) is 25.4 Å². The number of nitrogens with zero attached hydrogens (tertiary/aromatic N) is 3. The maximum absolute atomic E-state index is 6.31. The van der Waals surface area contributed by atoms with E-state index in [0.717, 1.165) is 42.6 Å². The first-order valence-electron chi connectivity index (χ1n) is 6.62. The lowest BCUT2D eigenvalue weighted by molar-refractivity contribution is 0.165. The van der Waals surface area contributed by atoms with Crippen molar-refractivity contribution in [3.63, 3.8) is 0 Å². The van der Waals surface area contributed by atoms with E-state index in [9.17, 15) is 0 Å². The summed E-state index contributed by atoms with van der Waals surface area (Å²) >= 11 is 6.31. The van der Waals surface area contributed by atoms with Crippen molar-refractivity contribution in [2.45, 2.75) is 33.4 Å². The minimum absolute atomic E-state index is 0.576. The molecule has 1 saturated heterocycles. The van der Waals surface area contributed by atoms with Gasteiger partial charge in [-0.25, -0.2) is 0 Å². The average Bonchev–Trinajstić information content (AvgIpc) is 2.56. The van der Waals surface area contributed by atoms with Crippen LogP contribution in [0.3, 0.4) is 0 Å². The van der Waals surface area contributed by atoms with Gasteiger partial charge in [0.2, 0.25) is 0 Å². The second-order valence-electron chi connectivity index (χ2n) is 5.51. The molecule has 5 heteroatoms. The van der Waals surface area contributed by atoms with Gasteiger partial charge < -0.3 is 5.32 Å². The van der Waals surface area contributed by atoms with E-state index in [2.05, 4.69) is 29.2 Å². The zero-order chi connectivity index (χ0) is 13.3. The Morgan fingerprint density at radius 3 is 2.78 bits per heavy atom. The molecule has 2 rings (SSSR count). The van der Waals surface area contributed by atoms with Gasteiger partial charge in [-0.15, -0.1) is 0 Å². The standard InChI is InChI=1S/C13H23ClN4/c1-9(2)11-7-18(6-5-15-11)8-12-13(14)10(3)16-17(12)4/h9,11,15H,5-8H2,1-4H3. The molecular weight excluding hydrogens is 248 g/mol. The highest BCUT2D eigenvalue weighted by atomic mass is 35.5. The third-order valence-electron chi connectivity index (χ3n) is 3.73. The summed E-state index contributed by atoms with van der Waals surface area (Å²) in [5.41, 5.74) is 2.04. The third kappa shape index (κ3) is 2.87. The Labute approximate surface area is 114 Å². The number of aryl methyl sites for hydroxylation is 2. The summed E-state index contributed by atoms with van der Waals surface area (Å²) in [5.74, 6) is 0.663. The van der Waals surface area contributed by atoms with Crippen molar-refractivity contribution in [1.29, 1.82) is 0 Å². The first-order valence-corrected chi connectivity index (χ1v) is 7.00. The Morgan fingerprint density at radius 1 is 1.50 bits per heavy atom. The maximum atomic E-state index is 6.31. The van der Waals surface area contributed by atoms with Crippen molar-refractivity contribution in [3.05, 3.63) is 16.4 Å². The van der Waals surface area contributed by atoms with E-state index in [1.54, 1.807) is 0 Å². The molecule has 1 unspecified atom stereocenters. The predicted octanol–water partition coefficient (Wildman–Crippen LogP) is 1.81. The molecular formula is C13H23ClN4. The van der Waals surface area contributed by atoms with Gasteiger partial charge in [-0.3, -0.25) is 9.58 Å². The number of hydrogen-bond acceptors (Lipinski definition) is 3. The van der Waals surface area contributed by atoms with Crippen LogP contribution in [0.5, 0.6) is 0 Å². The Balaban J connectivity index is 2.05. The highest BCUT2D eigenvalue weighted by molar-refractivity contribution is 6.31. The third-order valence-corrected chi connectivity index (χ3v) is 4.22. The first-order chi connectivity index (χ1) is 8.49. The summed E-state index contributed by atoms with van der Waals surface area (Å²) < 4.78 is 1.91. The molecule has 2 heterocycles. The SMILES string of the molecule is Cc1nn(C)c(CN2CCNC(C(C)C)C2)c1Cl. The Bertz CT molecular complexity index is 413. The monoisotopic (exact) mass is 270 g/mol. The molecule has 102 valence electrons. The van der Waals surface area contributed by atoms with Crippen LogP contribution in [0.15, 0.2) is 0 Å². The second-order valence-corrected chi connectivity index (χ2v) is 5.89. The van der Waals surface area contributed by atoms with Crippen molar-refractivity contribution in [2.75, 3.05) is 19.6 Å². The van der Waals surface area contributed by atoms with Crippen LogP contribution in [0.2, 0.25) is 5.02 Å². The molecule has 0 radical (unpaired) electrons. The summed E-state index contributed by atoms with van der Waals surface area (Å²) in [4.78, 5) is 2.46. The van der Waals surface area contributed by atoms with Crippen LogP contribution < -0.4 is 5.32 Å². The van der Waals surface area contributed by atoms with Crippen LogP contribution in [0.25, 0.3) is 0 Å². The maximum Gasteiger partial charge on any atom is 0.0860 e. The molecule has 1 N–H and O–H groups in total. The van der Waals surface area contributed by atoms with Crippen molar-refractivity contribution < 1.29 is 0 Å². The molecule has 1 aliphatic rings. The van der Waals surface area contributed by atoms with Crippen LogP contribution in [0.1, 0.15) is 25.2 Å². The van der Waals surface area contributed by atoms with Gasteiger partial charge in [0.1, 0.15) is 0 Å². The van der Waals surface area contributed by atoms with Gasteiger partial charge in [-0.2, -0.15) is 5.10 Å². The zero-order valence-corrected chi connectivity index (χ0v) is 12.5. The average molecular weight is 271 g/mol. The molecule has 0 bridgehead atoms. The minimum Gasteiger partial charge on any atom is -0.311 e. The summed E-state index contributed by atoms with van der Waals surface area (Å²) in [5, 5.41) is 8.76. The molecule has 1 aromatic heterocycles. The normalized spacial score (nSPS) is 21.8. The van der Waals surface area contributed by atoms with Gasteiger partial charge in [-0.05, 0) is 12.8 Å². The number of aromatic nitrogens is 2. The van der Waals surface area contributed by atoms with Crippen LogP contribution in [-0.2, 0) is 13.6 Å². The second kappa shape index (κ2) is 5.59. The number of nitrogens with one attached hydrogen (secondary N) is 1. The van der Waals surface area contributed by atoms with Gasteiger partial charge in [0.25, 0.3) is 0 Å². The van der Waals surface area contributed by atoms with Crippen LogP contribution >= 0.6 is 11.6 Å². The lowest BCUT2D eigenvalue weighted by Crippen LogP contribution is -2.52. The molecule has 1 aromatic rings. The van der Waals surface area contributed by atoms with Crippen LogP contribution in [0.4, 0.5) is 0 Å². The first kappa shape index (κ1) is 13.8. The van der Waals surface area contributed by atoms with E-state index in [0.29, 0.717) is 12.0 Å².